The molecule has 0 aromatic rings. The minimum absolute atomic E-state index is 0.0540. The molecule has 0 spiro atoms. The summed E-state index contributed by atoms with van der Waals surface area (Å²) in [6, 6.07) is 0. The van der Waals surface area contributed by atoms with E-state index in [2.05, 4.69) is 0 Å². The Labute approximate surface area is 252 Å². The number of hydrogen-bond donors (Lipinski definition) is 0. The summed E-state index contributed by atoms with van der Waals surface area (Å²) in [6.45, 7) is 6.05. The van der Waals surface area contributed by atoms with Crippen molar-refractivity contribution >= 4 is 35.8 Å². The van der Waals surface area contributed by atoms with Crippen LogP contribution in [0.1, 0.15) is 54.4 Å². The summed E-state index contributed by atoms with van der Waals surface area (Å²) in [5, 5.41) is 0. The second-order valence-electron chi connectivity index (χ2n) is 9.93. The summed E-state index contributed by atoms with van der Waals surface area (Å²) in [4.78, 5) is 72.4. The van der Waals surface area contributed by atoms with Gasteiger partial charge < -0.3 is 47.4 Å². The highest BCUT2D eigenvalue weighted by molar-refractivity contribution is 5.70. The molecule has 2 aliphatic heterocycles. The van der Waals surface area contributed by atoms with Crippen LogP contribution in [0.2, 0.25) is 0 Å². The van der Waals surface area contributed by atoms with Crippen LogP contribution < -0.4 is 0 Å². The Morgan fingerprint density at radius 3 is 1.57 bits per heavy atom. The molecule has 0 aromatic carbocycles. The van der Waals surface area contributed by atoms with E-state index in [1.165, 1.54) is 7.11 Å². The monoisotopic (exact) mass is 638 g/mol. The number of alkyl halides is 1. The first-order valence-electron chi connectivity index (χ1n) is 13.8. The molecular formula is C27H39FO16. The fourth-order valence-electron chi connectivity index (χ4n) is 4.68. The van der Waals surface area contributed by atoms with Crippen LogP contribution in [-0.4, -0.2) is 118 Å². The van der Waals surface area contributed by atoms with Crippen LogP contribution in [0.25, 0.3) is 0 Å². The second-order valence-corrected chi connectivity index (χ2v) is 9.93. The highest BCUT2D eigenvalue weighted by Gasteiger charge is 2.57. The molecule has 0 N–H and O–H groups in total. The van der Waals surface area contributed by atoms with Crippen molar-refractivity contribution in [1.29, 1.82) is 0 Å². The van der Waals surface area contributed by atoms with E-state index in [1.807, 2.05) is 0 Å². The van der Waals surface area contributed by atoms with Crippen molar-refractivity contribution in [2.24, 2.45) is 0 Å². The Hall–Kier alpha value is -3.41. The number of esters is 6. The molecule has 16 nitrogen and oxygen atoms in total. The minimum Gasteiger partial charge on any atom is -0.463 e. The van der Waals surface area contributed by atoms with Gasteiger partial charge in [-0.15, -0.1) is 0 Å². The number of rotatable bonds is 13. The molecule has 2 rings (SSSR count). The number of carbonyl (C=O) groups excluding carboxylic acids is 6. The summed E-state index contributed by atoms with van der Waals surface area (Å²) in [5.74, 6) is -5.06. The average Bonchev–Trinajstić information content (AvgIpc) is 2.89. The van der Waals surface area contributed by atoms with Gasteiger partial charge in [0.2, 0.25) is 6.36 Å². The van der Waals surface area contributed by atoms with Gasteiger partial charge in [0.05, 0.1) is 6.61 Å². The Kier molecular flexibility index (Phi) is 14.4. The summed E-state index contributed by atoms with van der Waals surface area (Å²) < 4.78 is 69.5. The molecular weight excluding hydrogens is 599 g/mol. The van der Waals surface area contributed by atoms with Gasteiger partial charge >= 0.3 is 35.8 Å². The van der Waals surface area contributed by atoms with E-state index >= 15 is 4.39 Å². The predicted octanol–water partition coefficient (Wildman–Crippen LogP) is 0.439. The van der Waals surface area contributed by atoms with Gasteiger partial charge in [-0.1, -0.05) is 6.92 Å². The lowest BCUT2D eigenvalue weighted by atomic mass is 9.96. The molecule has 2 heterocycles. The molecule has 0 amide bonds. The first-order chi connectivity index (χ1) is 20.7. The van der Waals surface area contributed by atoms with E-state index in [-0.39, 0.29) is 13.0 Å². The molecule has 0 bridgehead atoms. The molecule has 44 heavy (non-hydrogen) atoms. The largest absolute Gasteiger partial charge is 0.463 e. The zero-order valence-electron chi connectivity index (χ0n) is 25.5. The summed E-state index contributed by atoms with van der Waals surface area (Å²) in [6.07, 6.45) is -15.9. The number of ether oxygens (including phenoxy) is 10. The van der Waals surface area contributed by atoms with Crippen molar-refractivity contribution in [1.82, 2.24) is 0 Å². The Morgan fingerprint density at radius 2 is 1.07 bits per heavy atom. The van der Waals surface area contributed by atoms with Gasteiger partial charge in [-0.3, -0.25) is 28.8 Å². The van der Waals surface area contributed by atoms with Gasteiger partial charge in [0.1, 0.15) is 24.9 Å². The van der Waals surface area contributed by atoms with Crippen LogP contribution in [0.4, 0.5) is 4.39 Å². The van der Waals surface area contributed by atoms with Gasteiger partial charge in [-0.05, 0) is 6.42 Å². The van der Waals surface area contributed by atoms with Crippen LogP contribution in [0.5, 0.6) is 0 Å². The van der Waals surface area contributed by atoms with Crippen molar-refractivity contribution in [3.8, 4) is 0 Å². The zero-order chi connectivity index (χ0) is 33.1. The second kappa shape index (κ2) is 17.2. The van der Waals surface area contributed by atoms with Crippen LogP contribution >= 0.6 is 0 Å². The van der Waals surface area contributed by atoms with Crippen LogP contribution in [0.3, 0.4) is 0 Å². The first-order valence-corrected chi connectivity index (χ1v) is 13.8. The Morgan fingerprint density at radius 1 is 0.614 bits per heavy atom. The Bertz CT molecular complexity index is 1040. The number of hydrogen-bond acceptors (Lipinski definition) is 16. The molecule has 2 aliphatic rings. The lowest BCUT2D eigenvalue weighted by molar-refractivity contribution is -0.351. The number of methoxy groups -OCH3 is 1. The van der Waals surface area contributed by atoms with Gasteiger partial charge in [0.25, 0.3) is 0 Å². The maximum Gasteiger partial charge on any atom is 0.305 e. The predicted molar refractivity (Wildman–Crippen MR) is 139 cm³/mol. The van der Waals surface area contributed by atoms with E-state index in [4.69, 9.17) is 47.4 Å². The third-order valence-electron chi connectivity index (χ3n) is 6.16. The van der Waals surface area contributed by atoms with E-state index in [9.17, 15) is 28.8 Å². The lowest BCUT2D eigenvalue weighted by Crippen LogP contribution is -2.66. The highest BCUT2D eigenvalue weighted by Crippen LogP contribution is 2.35. The molecule has 250 valence electrons. The van der Waals surface area contributed by atoms with Crippen molar-refractivity contribution in [2.45, 2.75) is 116 Å². The highest BCUT2D eigenvalue weighted by atomic mass is 19.1. The van der Waals surface area contributed by atoms with Crippen molar-refractivity contribution in [2.75, 3.05) is 20.3 Å². The van der Waals surface area contributed by atoms with Crippen LogP contribution in [-0.2, 0) is 76.1 Å². The average molecular weight is 639 g/mol. The van der Waals surface area contributed by atoms with E-state index in [0.29, 0.717) is 6.42 Å². The fraction of sp³-hybridized carbons (Fsp3) is 0.778. The normalized spacial score (nSPS) is 31.6. The first kappa shape index (κ1) is 36.8. The SMILES string of the molecule is CCCC(=O)OC[C@H]1O[C@@H](O[C@H]2[C@H](OC(C)=O)[C@@H](OC(C)=O)[C@H](F)O[C@@H]2COC)[C@H](OC(C)=O)[C@@H](OC(C)=O)[C@H]1OC(C)=O. The number of carbonyl (C=O) groups is 6. The summed E-state index contributed by atoms with van der Waals surface area (Å²) in [7, 11) is 1.27. The third-order valence-corrected chi connectivity index (χ3v) is 6.16. The maximum absolute atomic E-state index is 15.1. The maximum atomic E-state index is 15.1. The summed E-state index contributed by atoms with van der Waals surface area (Å²) in [5.41, 5.74) is 0. The standard InChI is InChI=1S/C27H39FO16/c1-8-9-19(34)36-11-18-20(37-12(2)29)23(39-14(4)31)25(41-16(6)33)27(43-18)44-21-17(10-35-7)42-26(28)24(40-15(5)32)22(21)38-13(3)30/h17-18,20-27H,8-11H2,1-7H3/t17-,18-,20+,21-,22+,23+,24-,25-,26-,27+/m1/s1. The van der Waals surface area contributed by atoms with Gasteiger partial charge in [-0.25, -0.2) is 4.39 Å². The fourth-order valence-corrected chi connectivity index (χ4v) is 4.68. The molecule has 0 saturated carbocycles. The third kappa shape index (κ3) is 10.6. The van der Waals surface area contributed by atoms with Crippen molar-refractivity contribution in [3.63, 3.8) is 0 Å². The number of halogens is 1. The lowest BCUT2D eigenvalue weighted by Gasteiger charge is -2.47. The Balaban J connectivity index is 2.62. The van der Waals surface area contributed by atoms with E-state index in [0.717, 1.165) is 34.6 Å². The van der Waals surface area contributed by atoms with Crippen LogP contribution in [0.15, 0.2) is 0 Å². The van der Waals surface area contributed by atoms with E-state index in [1.54, 1.807) is 6.92 Å². The quantitative estimate of drug-likeness (QED) is 0.199. The minimum atomic E-state index is -2.28. The van der Waals surface area contributed by atoms with Crippen molar-refractivity contribution < 1.29 is 80.5 Å². The van der Waals surface area contributed by atoms with Gasteiger partial charge in [0, 0.05) is 48.1 Å². The van der Waals surface area contributed by atoms with Crippen LogP contribution in [0, 0.1) is 0 Å². The van der Waals surface area contributed by atoms with Gasteiger partial charge in [0.15, 0.2) is 36.8 Å². The van der Waals surface area contributed by atoms with E-state index < -0.39 is 104 Å². The molecule has 2 saturated heterocycles. The molecule has 10 atom stereocenters. The molecule has 2 fully saturated rings. The molecule has 0 radical (unpaired) electrons. The molecule has 0 unspecified atom stereocenters. The van der Waals surface area contributed by atoms with Crippen molar-refractivity contribution in [3.05, 3.63) is 0 Å². The topological polar surface area (TPSA) is 195 Å². The summed E-state index contributed by atoms with van der Waals surface area (Å²) >= 11 is 0. The zero-order valence-corrected chi connectivity index (χ0v) is 25.5. The molecule has 0 aliphatic carbocycles. The molecule has 17 heteroatoms. The smallest absolute Gasteiger partial charge is 0.305 e. The van der Waals surface area contributed by atoms with Gasteiger partial charge in [-0.2, -0.15) is 0 Å². The molecule has 0 aromatic heterocycles.